The molecule has 2 aromatic carbocycles. The number of carbonyl (C=O) groups excluding carboxylic acids is 1. The number of para-hydroxylation sites is 2. The summed E-state index contributed by atoms with van der Waals surface area (Å²) in [6.07, 6.45) is 5.00. The highest BCUT2D eigenvalue weighted by Crippen LogP contribution is 2.35. The van der Waals surface area contributed by atoms with Crippen LogP contribution in [0.1, 0.15) is 25.7 Å². The van der Waals surface area contributed by atoms with E-state index in [0.717, 1.165) is 24.8 Å². The van der Waals surface area contributed by atoms with Gasteiger partial charge in [-0.05, 0) is 62.1 Å². The van der Waals surface area contributed by atoms with Gasteiger partial charge in [-0.1, -0.05) is 12.1 Å². The molecule has 1 aliphatic heterocycles. The van der Waals surface area contributed by atoms with Gasteiger partial charge in [-0.25, -0.2) is 8.42 Å². The molecule has 2 aromatic rings. The third-order valence-corrected chi connectivity index (χ3v) is 6.30. The molecule has 0 unspecified atom stereocenters. The Balaban J connectivity index is 1.44. The summed E-state index contributed by atoms with van der Waals surface area (Å²) >= 11 is 0. The van der Waals surface area contributed by atoms with E-state index >= 15 is 0 Å². The Labute approximate surface area is 170 Å². The lowest BCUT2D eigenvalue weighted by Crippen LogP contribution is -2.48. The molecular weight excluding hydrogens is 392 g/mol. The molecule has 8 heteroatoms. The first-order valence-corrected chi connectivity index (χ1v) is 11.6. The average Bonchev–Trinajstić information content (AvgIpc) is 3.21. The van der Waals surface area contributed by atoms with Gasteiger partial charge in [-0.15, -0.1) is 0 Å². The van der Waals surface area contributed by atoms with Crippen LogP contribution in [0, 0.1) is 0 Å². The van der Waals surface area contributed by atoms with Gasteiger partial charge < -0.3 is 14.8 Å². The Kier molecular flexibility index (Phi) is 5.36. The summed E-state index contributed by atoms with van der Waals surface area (Å²) < 4.78 is 37.3. The molecule has 0 aromatic heterocycles. The number of ether oxygens (including phenoxy) is 2. The molecule has 29 heavy (non-hydrogen) atoms. The van der Waals surface area contributed by atoms with Crippen LogP contribution in [-0.4, -0.2) is 39.3 Å². The third kappa shape index (κ3) is 4.48. The van der Waals surface area contributed by atoms with Crippen LogP contribution in [0.3, 0.4) is 0 Å². The normalized spacial score (nSPS) is 19.3. The van der Waals surface area contributed by atoms with Crippen LogP contribution in [0.25, 0.3) is 0 Å². The van der Waals surface area contributed by atoms with Crippen molar-refractivity contribution in [1.82, 2.24) is 0 Å². The minimum absolute atomic E-state index is 0.0788. The van der Waals surface area contributed by atoms with Crippen molar-refractivity contribution >= 4 is 27.3 Å². The largest absolute Gasteiger partial charge is 0.490 e. The zero-order valence-corrected chi connectivity index (χ0v) is 17.0. The highest BCUT2D eigenvalue weighted by Gasteiger charge is 2.34. The standard InChI is InChI=1S/C21H24N2O5S/c1-29(25,26)23-14-20(28-19-9-5-4-8-18(19)23)21(24)22-15-10-12-17(13-11-15)27-16-6-2-3-7-16/h4-5,8-13,16,20H,2-3,6-7,14H2,1H3,(H,22,24)/t20-/m0/s1. The van der Waals surface area contributed by atoms with Gasteiger partial charge in [0, 0.05) is 5.69 Å². The lowest BCUT2D eigenvalue weighted by atomic mass is 10.2. The number of rotatable bonds is 5. The fraction of sp³-hybridized carbons (Fsp3) is 0.381. The molecule has 1 aliphatic carbocycles. The predicted molar refractivity (Wildman–Crippen MR) is 111 cm³/mol. The van der Waals surface area contributed by atoms with Crippen LogP contribution in [0.2, 0.25) is 0 Å². The summed E-state index contributed by atoms with van der Waals surface area (Å²) in [5.74, 6) is 0.739. The number of sulfonamides is 1. The smallest absolute Gasteiger partial charge is 0.267 e. The van der Waals surface area contributed by atoms with E-state index in [1.54, 1.807) is 36.4 Å². The van der Waals surface area contributed by atoms with Gasteiger partial charge in [-0.2, -0.15) is 0 Å². The Bertz CT molecular complexity index is 984. The maximum atomic E-state index is 12.7. The van der Waals surface area contributed by atoms with Gasteiger partial charge in [-0.3, -0.25) is 9.10 Å². The van der Waals surface area contributed by atoms with Crippen molar-refractivity contribution in [1.29, 1.82) is 0 Å². The van der Waals surface area contributed by atoms with Crippen molar-refractivity contribution in [2.45, 2.75) is 37.9 Å². The van der Waals surface area contributed by atoms with Gasteiger partial charge >= 0.3 is 0 Å². The molecule has 1 amide bonds. The van der Waals surface area contributed by atoms with Crippen LogP contribution < -0.4 is 19.1 Å². The maximum absolute atomic E-state index is 12.7. The van der Waals surface area contributed by atoms with E-state index in [2.05, 4.69) is 5.32 Å². The van der Waals surface area contributed by atoms with Crippen LogP contribution in [0.5, 0.6) is 11.5 Å². The number of anilines is 2. The topological polar surface area (TPSA) is 84.9 Å². The van der Waals surface area contributed by atoms with Crippen LogP contribution in [-0.2, 0) is 14.8 Å². The lowest BCUT2D eigenvalue weighted by Gasteiger charge is -2.33. The predicted octanol–water partition coefficient (Wildman–Crippen LogP) is 3.17. The number of benzene rings is 2. The molecule has 4 rings (SSSR count). The molecule has 1 fully saturated rings. The summed E-state index contributed by atoms with van der Waals surface area (Å²) in [6.45, 7) is -0.0788. The number of hydrogen-bond donors (Lipinski definition) is 1. The van der Waals surface area contributed by atoms with Crippen LogP contribution in [0.4, 0.5) is 11.4 Å². The zero-order valence-electron chi connectivity index (χ0n) is 16.2. The Hall–Kier alpha value is -2.74. The Morgan fingerprint density at radius 1 is 1.10 bits per heavy atom. The molecule has 0 radical (unpaired) electrons. The summed E-state index contributed by atoms with van der Waals surface area (Å²) in [4.78, 5) is 12.7. The molecule has 7 nitrogen and oxygen atoms in total. The number of fused-ring (bicyclic) bond motifs is 1. The van der Waals surface area contributed by atoms with E-state index in [4.69, 9.17) is 9.47 Å². The van der Waals surface area contributed by atoms with Crippen LogP contribution >= 0.6 is 0 Å². The molecule has 154 valence electrons. The molecule has 1 heterocycles. The highest BCUT2D eigenvalue weighted by atomic mass is 32.2. The van der Waals surface area contributed by atoms with Crippen molar-refractivity contribution in [3.8, 4) is 11.5 Å². The van der Waals surface area contributed by atoms with E-state index < -0.39 is 22.0 Å². The molecular formula is C21H24N2O5S. The van der Waals surface area contributed by atoms with Crippen molar-refractivity contribution in [2.24, 2.45) is 0 Å². The SMILES string of the molecule is CS(=O)(=O)N1C[C@@H](C(=O)Nc2ccc(OC3CCCC3)cc2)Oc2ccccc21. The van der Waals surface area contributed by atoms with Gasteiger partial charge in [0.05, 0.1) is 24.6 Å². The zero-order chi connectivity index (χ0) is 20.4. The minimum Gasteiger partial charge on any atom is -0.490 e. The molecule has 0 spiro atoms. The Morgan fingerprint density at radius 2 is 1.79 bits per heavy atom. The number of amides is 1. The number of carbonyl (C=O) groups is 1. The third-order valence-electron chi connectivity index (χ3n) is 5.15. The number of nitrogens with zero attached hydrogens (tertiary/aromatic N) is 1. The van der Waals surface area contributed by atoms with Crippen molar-refractivity contribution < 1.29 is 22.7 Å². The van der Waals surface area contributed by atoms with Crippen molar-refractivity contribution in [2.75, 3.05) is 22.4 Å². The molecule has 1 atom stereocenters. The number of nitrogens with one attached hydrogen (secondary N) is 1. The second-order valence-corrected chi connectivity index (χ2v) is 9.31. The minimum atomic E-state index is -3.54. The summed E-state index contributed by atoms with van der Waals surface area (Å²) in [6, 6.07) is 14.0. The second-order valence-electron chi connectivity index (χ2n) is 7.41. The molecule has 0 bridgehead atoms. The first kappa shape index (κ1) is 19.6. The first-order chi connectivity index (χ1) is 13.9. The first-order valence-electron chi connectivity index (χ1n) is 9.71. The van der Waals surface area contributed by atoms with Gasteiger partial charge in [0.2, 0.25) is 10.0 Å². The summed E-state index contributed by atoms with van der Waals surface area (Å²) in [5.41, 5.74) is 1.04. The quantitative estimate of drug-likeness (QED) is 0.809. The van der Waals surface area contributed by atoms with E-state index in [9.17, 15) is 13.2 Å². The summed E-state index contributed by atoms with van der Waals surface area (Å²) in [5, 5.41) is 2.79. The van der Waals surface area contributed by atoms with E-state index in [1.807, 2.05) is 12.1 Å². The molecule has 1 saturated carbocycles. The Morgan fingerprint density at radius 3 is 2.48 bits per heavy atom. The fourth-order valence-electron chi connectivity index (χ4n) is 3.69. The van der Waals surface area contributed by atoms with E-state index in [-0.39, 0.29) is 12.6 Å². The van der Waals surface area contributed by atoms with Gasteiger partial charge in [0.25, 0.3) is 5.91 Å². The van der Waals surface area contributed by atoms with E-state index in [0.29, 0.717) is 17.1 Å². The lowest BCUT2D eigenvalue weighted by molar-refractivity contribution is -0.122. The van der Waals surface area contributed by atoms with Gasteiger partial charge in [0.15, 0.2) is 6.10 Å². The highest BCUT2D eigenvalue weighted by molar-refractivity contribution is 7.92. The van der Waals surface area contributed by atoms with Crippen LogP contribution in [0.15, 0.2) is 48.5 Å². The average molecular weight is 416 g/mol. The monoisotopic (exact) mass is 416 g/mol. The molecule has 2 aliphatic rings. The number of hydrogen-bond acceptors (Lipinski definition) is 5. The van der Waals surface area contributed by atoms with E-state index in [1.165, 1.54) is 17.1 Å². The maximum Gasteiger partial charge on any atom is 0.267 e. The van der Waals surface area contributed by atoms with Crippen molar-refractivity contribution in [3.05, 3.63) is 48.5 Å². The summed E-state index contributed by atoms with van der Waals surface area (Å²) in [7, 11) is -3.54. The second kappa shape index (κ2) is 7.94. The van der Waals surface area contributed by atoms with Crippen molar-refractivity contribution in [3.63, 3.8) is 0 Å². The molecule has 0 saturated heterocycles. The van der Waals surface area contributed by atoms with Gasteiger partial charge in [0.1, 0.15) is 11.5 Å². The fourth-order valence-corrected chi connectivity index (χ4v) is 4.61. The molecule has 1 N–H and O–H groups in total.